The minimum atomic E-state index is -0.0359. The highest BCUT2D eigenvalue weighted by Crippen LogP contribution is 2.23. The number of hydrogen-bond donors (Lipinski definition) is 1. The van der Waals surface area contributed by atoms with Gasteiger partial charge in [-0.3, -0.25) is 9.69 Å². The van der Waals surface area contributed by atoms with E-state index in [0.29, 0.717) is 12.6 Å². The van der Waals surface area contributed by atoms with Crippen molar-refractivity contribution >= 4 is 5.91 Å². The molecule has 1 amide bonds. The highest BCUT2D eigenvalue weighted by molar-refractivity contribution is 5.83. The van der Waals surface area contributed by atoms with E-state index in [2.05, 4.69) is 37.9 Å². The Hall–Kier alpha value is -0.610. The van der Waals surface area contributed by atoms with Crippen molar-refractivity contribution < 1.29 is 4.79 Å². The summed E-state index contributed by atoms with van der Waals surface area (Å²) in [6.45, 7) is 10.3. The Bertz CT molecular complexity index is 259. The van der Waals surface area contributed by atoms with Gasteiger partial charge in [-0.1, -0.05) is 0 Å². The van der Waals surface area contributed by atoms with Gasteiger partial charge in [0.05, 0.1) is 0 Å². The summed E-state index contributed by atoms with van der Waals surface area (Å²) in [5, 5.41) is 3.12. The Labute approximate surface area is 99.0 Å². The van der Waals surface area contributed by atoms with E-state index in [9.17, 15) is 4.79 Å². The zero-order chi connectivity index (χ0) is 12.5. The number of nitrogens with one attached hydrogen (secondary N) is 1. The first kappa shape index (κ1) is 13.5. The molecule has 0 spiro atoms. The smallest absolute Gasteiger partial charge is 0.241 e. The van der Waals surface area contributed by atoms with Gasteiger partial charge in [0, 0.05) is 31.7 Å². The molecule has 0 radical (unpaired) electrons. The zero-order valence-corrected chi connectivity index (χ0v) is 11.4. The van der Waals surface area contributed by atoms with E-state index in [4.69, 9.17) is 0 Å². The molecule has 1 rings (SSSR count). The average molecular weight is 227 g/mol. The van der Waals surface area contributed by atoms with Gasteiger partial charge in [-0.2, -0.15) is 0 Å². The summed E-state index contributed by atoms with van der Waals surface area (Å²) in [5.74, 6) is 0.225. The van der Waals surface area contributed by atoms with E-state index < -0.39 is 0 Å². The molecule has 4 nitrogen and oxygen atoms in total. The quantitative estimate of drug-likeness (QED) is 0.748. The van der Waals surface area contributed by atoms with E-state index in [1.165, 1.54) is 0 Å². The van der Waals surface area contributed by atoms with Crippen LogP contribution in [0.15, 0.2) is 0 Å². The molecule has 0 aromatic heterocycles. The van der Waals surface area contributed by atoms with Gasteiger partial charge in [-0.15, -0.1) is 0 Å². The number of rotatable bonds is 2. The van der Waals surface area contributed by atoms with Crippen LogP contribution in [0.5, 0.6) is 0 Å². The fourth-order valence-electron chi connectivity index (χ4n) is 2.25. The summed E-state index contributed by atoms with van der Waals surface area (Å²) < 4.78 is 0. The van der Waals surface area contributed by atoms with Crippen LogP contribution in [0.25, 0.3) is 0 Å². The van der Waals surface area contributed by atoms with E-state index in [0.717, 1.165) is 6.54 Å². The predicted octanol–water partition coefficient (Wildman–Crippen LogP) is 0.535. The second-order valence-corrected chi connectivity index (χ2v) is 5.69. The van der Waals surface area contributed by atoms with Crippen molar-refractivity contribution in [2.24, 2.45) is 0 Å². The van der Waals surface area contributed by atoms with Gasteiger partial charge in [0.25, 0.3) is 0 Å². The molecule has 1 fully saturated rings. The van der Waals surface area contributed by atoms with Crippen molar-refractivity contribution in [1.82, 2.24) is 15.1 Å². The molecule has 1 aliphatic heterocycles. The van der Waals surface area contributed by atoms with Crippen LogP contribution in [0.1, 0.15) is 27.7 Å². The molecular weight excluding hydrogens is 202 g/mol. The average Bonchev–Trinajstić information content (AvgIpc) is 2.17. The third-order valence-corrected chi connectivity index (χ3v) is 3.39. The molecule has 1 saturated heterocycles. The van der Waals surface area contributed by atoms with Crippen LogP contribution in [0.4, 0.5) is 0 Å². The summed E-state index contributed by atoms with van der Waals surface area (Å²) in [7, 11) is 3.79. The molecule has 16 heavy (non-hydrogen) atoms. The Morgan fingerprint density at radius 2 is 2.00 bits per heavy atom. The molecule has 0 bridgehead atoms. The molecular formula is C12H25N3O. The van der Waals surface area contributed by atoms with Crippen molar-refractivity contribution in [3.63, 3.8) is 0 Å². The fourth-order valence-corrected chi connectivity index (χ4v) is 2.25. The van der Waals surface area contributed by atoms with Crippen molar-refractivity contribution in [1.29, 1.82) is 0 Å². The minimum absolute atomic E-state index is 0.0344. The molecule has 1 N–H and O–H groups in total. The van der Waals surface area contributed by atoms with E-state index in [-0.39, 0.29) is 17.5 Å². The number of amides is 1. The third-order valence-electron chi connectivity index (χ3n) is 3.39. The maximum Gasteiger partial charge on any atom is 0.241 e. The van der Waals surface area contributed by atoms with Gasteiger partial charge in [0.1, 0.15) is 6.04 Å². The molecule has 1 heterocycles. The van der Waals surface area contributed by atoms with Gasteiger partial charge in [0.15, 0.2) is 0 Å². The van der Waals surface area contributed by atoms with Crippen LogP contribution in [-0.4, -0.2) is 60.5 Å². The molecule has 94 valence electrons. The maximum atomic E-state index is 12.2. The lowest BCUT2D eigenvalue weighted by Gasteiger charge is -2.49. The molecule has 2 atom stereocenters. The van der Waals surface area contributed by atoms with Crippen LogP contribution >= 0.6 is 0 Å². The number of likely N-dealkylation sites (N-methyl/N-ethyl adjacent to an activating group) is 2. The second kappa shape index (κ2) is 4.72. The number of carbonyl (C=O) groups excluding carboxylic acids is 1. The Morgan fingerprint density at radius 3 is 2.44 bits per heavy atom. The number of nitrogens with zero attached hydrogens (tertiary/aromatic N) is 2. The topological polar surface area (TPSA) is 35.6 Å². The summed E-state index contributed by atoms with van der Waals surface area (Å²) in [6.07, 6.45) is 0. The Balaban J connectivity index is 2.92. The molecule has 0 aliphatic carbocycles. The van der Waals surface area contributed by atoms with E-state index in [1.54, 1.807) is 0 Å². The van der Waals surface area contributed by atoms with Gasteiger partial charge in [0.2, 0.25) is 5.91 Å². The number of carbonyl (C=O) groups is 1. The van der Waals surface area contributed by atoms with Gasteiger partial charge in [-0.25, -0.2) is 0 Å². The zero-order valence-electron chi connectivity index (χ0n) is 11.4. The van der Waals surface area contributed by atoms with Gasteiger partial charge < -0.3 is 10.2 Å². The second-order valence-electron chi connectivity index (χ2n) is 5.69. The van der Waals surface area contributed by atoms with Crippen LogP contribution in [0, 0.1) is 0 Å². The normalized spacial score (nSPS) is 28.6. The lowest BCUT2D eigenvalue weighted by molar-refractivity contribution is -0.147. The monoisotopic (exact) mass is 227 g/mol. The standard InChI is InChI=1S/C12H25N3O/c1-9-8-15(12(2,3)4)10(7-13-5)11(16)14(9)6/h9-10,13H,7-8H2,1-6H3. The third kappa shape index (κ3) is 2.55. The maximum absolute atomic E-state index is 12.2. The van der Waals surface area contributed by atoms with Crippen LogP contribution in [-0.2, 0) is 4.79 Å². The number of piperazine rings is 1. The molecule has 2 unspecified atom stereocenters. The minimum Gasteiger partial charge on any atom is -0.340 e. The van der Waals surface area contributed by atoms with Crippen LogP contribution in [0.2, 0.25) is 0 Å². The molecule has 0 aromatic carbocycles. The largest absolute Gasteiger partial charge is 0.340 e. The van der Waals surface area contributed by atoms with Crippen molar-refractivity contribution in [3.05, 3.63) is 0 Å². The molecule has 0 saturated carbocycles. The van der Waals surface area contributed by atoms with E-state index in [1.807, 2.05) is 19.0 Å². The Morgan fingerprint density at radius 1 is 1.44 bits per heavy atom. The first-order valence-electron chi connectivity index (χ1n) is 5.97. The van der Waals surface area contributed by atoms with E-state index >= 15 is 0 Å². The van der Waals surface area contributed by atoms with Crippen molar-refractivity contribution in [3.8, 4) is 0 Å². The summed E-state index contributed by atoms with van der Waals surface area (Å²) in [4.78, 5) is 16.4. The fraction of sp³-hybridized carbons (Fsp3) is 0.917. The molecule has 4 heteroatoms. The lowest BCUT2D eigenvalue weighted by Crippen LogP contribution is -2.66. The summed E-state index contributed by atoms with van der Waals surface area (Å²) >= 11 is 0. The summed E-state index contributed by atoms with van der Waals surface area (Å²) in [6, 6.07) is 0.256. The SMILES string of the molecule is CNCC1C(=O)N(C)C(C)CN1C(C)(C)C. The Kier molecular flexibility index (Phi) is 3.97. The first-order chi connectivity index (χ1) is 7.29. The van der Waals surface area contributed by atoms with Crippen LogP contribution in [0.3, 0.4) is 0 Å². The highest BCUT2D eigenvalue weighted by Gasteiger charge is 2.40. The lowest BCUT2D eigenvalue weighted by atomic mass is 9.97. The molecule has 1 aliphatic rings. The first-order valence-corrected chi connectivity index (χ1v) is 5.97. The van der Waals surface area contributed by atoms with Crippen molar-refractivity contribution in [2.45, 2.75) is 45.3 Å². The number of hydrogen-bond acceptors (Lipinski definition) is 3. The molecule has 0 aromatic rings. The predicted molar refractivity (Wildman–Crippen MR) is 66.4 cm³/mol. The van der Waals surface area contributed by atoms with Gasteiger partial charge in [-0.05, 0) is 34.7 Å². The van der Waals surface area contributed by atoms with Crippen LogP contribution < -0.4 is 5.32 Å². The van der Waals surface area contributed by atoms with Crippen molar-refractivity contribution in [2.75, 3.05) is 27.2 Å². The summed E-state index contributed by atoms with van der Waals surface area (Å²) in [5.41, 5.74) is 0.0344. The highest BCUT2D eigenvalue weighted by atomic mass is 16.2. The van der Waals surface area contributed by atoms with Gasteiger partial charge >= 0.3 is 0 Å².